The van der Waals surface area contributed by atoms with Crippen molar-refractivity contribution < 1.29 is 9.59 Å². The molecule has 1 aliphatic rings. The number of primary amides is 1. The van der Waals surface area contributed by atoms with Crippen LogP contribution in [0.2, 0.25) is 0 Å². The molecule has 0 spiro atoms. The molecule has 1 atom stereocenters. The Hall–Kier alpha value is -1.69. The van der Waals surface area contributed by atoms with Crippen molar-refractivity contribution >= 4 is 23.7 Å². The number of hydrogen-bond acceptors (Lipinski definition) is 3. The van der Waals surface area contributed by atoms with E-state index in [4.69, 9.17) is 5.73 Å². The third-order valence-corrected chi connectivity index (χ3v) is 5.29. The van der Waals surface area contributed by atoms with Gasteiger partial charge in [-0.1, -0.05) is 26.0 Å². The van der Waals surface area contributed by atoms with Crippen LogP contribution < -0.4 is 11.1 Å². The first-order valence-electron chi connectivity index (χ1n) is 8.48. The molecule has 3 amide bonds. The van der Waals surface area contributed by atoms with E-state index < -0.39 is 0 Å². The molecule has 0 radical (unpaired) electrons. The van der Waals surface area contributed by atoms with Crippen LogP contribution in [0, 0.1) is 5.92 Å². The summed E-state index contributed by atoms with van der Waals surface area (Å²) >= 11 is 1.82. The summed E-state index contributed by atoms with van der Waals surface area (Å²) in [7, 11) is 0. The highest BCUT2D eigenvalue weighted by Gasteiger charge is 2.26. The van der Waals surface area contributed by atoms with Crippen LogP contribution in [0.3, 0.4) is 0 Å². The number of carbonyl (C=O) groups is 2. The van der Waals surface area contributed by atoms with Crippen LogP contribution in [-0.4, -0.2) is 35.2 Å². The number of nitrogens with zero attached hydrogens (tertiary/aromatic N) is 1. The summed E-state index contributed by atoms with van der Waals surface area (Å²) in [5.41, 5.74) is 6.41. The van der Waals surface area contributed by atoms with Crippen molar-refractivity contribution in [1.29, 1.82) is 0 Å². The third-order valence-electron chi connectivity index (χ3n) is 4.28. The fraction of sp³-hybridized carbons (Fsp3) is 0.556. The fourth-order valence-corrected chi connectivity index (χ4v) is 3.67. The van der Waals surface area contributed by atoms with Crippen molar-refractivity contribution in [3.63, 3.8) is 0 Å². The second-order valence-electron chi connectivity index (χ2n) is 6.57. The van der Waals surface area contributed by atoms with Gasteiger partial charge in [0.1, 0.15) is 0 Å². The third kappa shape index (κ3) is 5.16. The average Bonchev–Trinajstić information content (AvgIpc) is 2.55. The molecular formula is C18H27N3O2S. The van der Waals surface area contributed by atoms with E-state index in [0.29, 0.717) is 31.2 Å². The topological polar surface area (TPSA) is 75.4 Å². The van der Waals surface area contributed by atoms with Gasteiger partial charge < -0.3 is 16.0 Å². The Morgan fingerprint density at radius 2 is 1.75 bits per heavy atom. The van der Waals surface area contributed by atoms with Crippen molar-refractivity contribution in [3.8, 4) is 0 Å². The number of likely N-dealkylation sites (tertiary alicyclic amines) is 1. The number of thioether (sulfide) groups is 1. The summed E-state index contributed by atoms with van der Waals surface area (Å²) < 4.78 is 0. The van der Waals surface area contributed by atoms with Gasteiger partial charge in [-0.2, -0.15) is 0 Å². The molecule has 0 bridgehead atoms. The minimum atomic E-state index is -0.261. The Bertz CT molecular complexity index is 566. The van der Waals surface area contributed by atoms with E-state index in [0.717, 1.165) is 5.56 Å². The van der Waals surface area contributed by atoms with E-state index in [9.17, 15) is 9.59 Å². The van der Waals surface area contributed by atoms with E-state index >= 15 is 0 Å². The largest absolute Gasteiger partial charge is 0.369 e. The zero-order chi connectivity index (χ0) is 17.7. The number of amides is 3. The predicted octanol–water partition coefficient (Wildman–Crippen LogP) is 3.16. The molecule has 6 heteroatoms. The highest BCUT2D eigenvalue weighted by atomic mass is 32.2. The summed E-state index contributed by atoms with van der Waals surface area (Å²) in [5, 5.41) is 3.59. The number of hydrogen-bond donors (Lipinski definition) is 2. The molecule has 132 valence electrons. The second-order valence-corrected chi connectivity index (χ2v) is 8.22. The normalized spacial score (nSPS) is 16.9. The second kappa shape index (κ2) is 8.42. The predicted molar refractivity (Wildman–Crippen MR) is 97.9 cm³/mol. The number of rotatable bonds is 5. The van der Waals surface area contributed by atoms with Gasteiger partial charge in [0.25, 0.3) is 0 Å². The summed E-state index contributed by atoms with van der Waals surface area (Å²) in [6.07, 6.45) is 1.30. The van der Waals surface area contributed by atoms with Crippen LogP contribution >= 0.6 is 11.8 Å². The average molecular weight is 350 g/mol. The SMILES string of the molecule is CC(C)Sc1ccc(C(C)NC(=O)N2CCC(C(N)=O)CC2)cc1. The number of nitrogens with two attached hydrogens (primary N) is 1. The molecule has 0 aromatic heterocycles. The van der Waals surface area contributed by atoms with Crippen molar-refractivity contribution in [3.05, 3.63) is 29.8 Å². The molecule has 1 saturated heterocycles. The quantitative estimate of drug-likeness (QED) is 0.802. The molecule has 1 aromatic carbocycles. The van der Waals surface area contributed by atoms with E-state index in [2.05, 4.69) is 43.4 Å². The number of urea groups is 1. The molecule has 2 rings (SSSR count). The Morgan fingerprint density at radius 1 is 1.17 bits per heavy atom. The van der Waals surface area contributed by atoms with Crippen molar-refractivity contribution in [1.82, 2.24) is 10.2 Å². The number of nitrogens with one attached hydrogen (secondary N) is 1. The van der Waals surface area contributed by atoms with Crippen LogP contribution in [0.15, 0.2) is 29.2 Å². The maximum absolute atomic E-state index is 12.4. The van der Waals surface area contributed by atoms with Crippen LogP contribution in [-0.2, 0) is 4.79 Å². The maximum Gasteiger partial charge on any atom is 0.317 e. The van der Waals surface area contributed by atoms with Gasteiger partial charge in [-0.05, 0) is 37.5 Å². The van der Waals surface area contributed by atoms with Crippen LogP contribution in [0.25, 0.3) is 0 Å². The van der Waals surface area contributed by atoms with Crippen LogP contribution in [0.4, 0.5) is 4.79 Å². The molecule has 0 aliphatic carbocycles. The zero-order valence-electron chi connectivity index (χ0n) is 14.6. The molecule has 5 nitrogen and oxygen atoms in total. The first-order valence-corrected chi connectivity index (χ1v) is 9.36. The van der Waals surface area contributed by atoms with Gasteiger partial charge in [0, 0.05) is 29.2 Å². The molecule has 1 aliphatic heterocycles. The lowest BCUT2D eigenvalue weighted by Crippen LogP contribution is -2.46. The summed E-state index contributed by atoms with van der Waals surface area (Å²) in [6.45, 7) is 7.48. The maximum atomic E-state index is 12.4. The lowest BCUT2D eigenvalue weighted by Gasteiger charge is -2.31. The molecule has 3 N–H and O–H groups in total. The minimum absolute atomic E-state index is 0.0514. The van der Waals surface area contributed by atoms with E-state index in [1.165, 1.54) is 4.90 Å². The van der Waals surface area contributed by atoms with E-state index in [1.807, 2.05) is 18.7 Å². The first kappa shape index (κ1) is 18.6. The molecule has 1 heterocycles. The Morgan fingerprint density at radius 3 is 2.25 bits per heavy atom. The highest BCUT2D eigenvalue weighted by Crippen LogP contribution is 2.25. The molecule has 1 fully saturated rings. The van der Waals surface area contributed by atoms with Crippen molar-refractivity contribution in [2.75, 3.05) is 13.1 Å². The van der Waals surface area contributed by atoms with Crippen LogP contribution in [0.5, 0.6) is 0 Å². The minimum Gasteiger partial charge on any atom is -0.369 e. The number of piperidine rings is 1. The number of carbonyl (C=O) groups excluding carboxylic acids is 2. The highest BCUT2D eigenvalue weighted by molar-refractivity contribution is 7.99. The molecule has 24 heavy (non-hydrogen) atoms. The van der Waals surface area contributed by atoms with Crippen molar-refractivity contribution in [2.45, 2.75) is 49.8 Å². The molecular weight excluding hydrogens is 322 g/mol. The Balaban J connectivity index is 1.86. The van der Waals surface area contributed by atoms with Gasteiger partial charge in [-0.15, -0.1) is 11.8 Å². The van der Waals surface area contributed by atoms with E-state index in [-0.39, 0.29) is 23.9 Å². The van der Waals surface area contributed by atoms with Gasteiger partial charge in [0.15, 0.2) is 0 Å². The number of benzene rings is 1. The summed E-state index contributed by atoms with van der Waals surface area (Å²) in [6, 6.07) is 8.20. The van der Waals surface area contributed by atoms with Gasteiger partial charge in [0.05, 0.1) is 6.04 Å². The Labute approximate surface area is 148 Å². The van der Waals surface area contributed by atoms with Crippen LogP contribution in [0.1, 0.15) is 45.2 Å². The van der Waals surface area contributed by atoms with Gasteiger partial charge in [-0.3, -0.25) is 4.79 Å². The lowest BCUT2D eigenvalue weighted by molar-refractivity contribution is -0.123. The monoisotopic (exact) mass is 349 g/mol. The van der Waals surface area contributed by atoms with Crippen molar-refractivity contribution in [2.24, 2.45) is 11.7 Å². The molecule has 1 unspecified atom stereocenters. The van der Waals surface area contributed by atoms with Gasteiger partial charge >= 0.3 is 6.03 Å². The standard InChI is InChI=1S/C18H27N3O2S/c1-12(2)24-16-6-4-14(5-7-16)13(3)20-18(23)21-10-8-15(9-11-21)17(19)22/h4-7,12-13,15H,8-11H2,1-3H3,(H2,19,22)(H,20,23). The summed E-state index contributed by atoms with van der Waals surface area (Å²) in [4.78, 5) is 26.6. The van der Waals surface area contributed by atoms with E-state index in [1.54, 1.807) is 4.90 Å². The molecule has 0 saturated carbocycles. The Kier molecular flexibility index (Phi) is 6.54. The lowest BCUT2D eigenvalue weighted by atomic mass is 9.96. The zero-order valence-corrected chi connectivity index (χ0v) is 15.4. The van der Waals surface area contributed by atoms with Gasteiger partial charge in [-0.25, -0.2) is 4.79 Å². The summed E-state index contributed by atoms with van der Waals surface area (Å²) in [5.74, 6) is -0.361. The van der Waals surface area contributed by atoms with Gasteiger partial charge in [0.2, 0.25) is 5.91 Å². The fourth-order valence-electron chi connectivity index (χ4n) is 2.83. The first-order chi connectivity index (χ1) is 11.4. The molecule has 1 aromatic rings. The smallest absolute Gasteiger partial charge is 0.317 e.